The Kier molecular flexibility index (Phi) is 6.51. The summed E-state index contributed by atoms with van der Waals surface area (Å²) in [6, 6.07) is 6.32. The second kappa shape index (κ2) is 8.65. The van der Waals surface area contributed by atoms with E-state index in [-0.39, 0.29) is 17.5 Å². The van der Waals surface area contributed by atoms with Crippen molar-refractivity contribution in [2.45, 2.75) is 44.9 Å². The number of benzene rings is 1. The van der Waals surface area contributed by atoms with Crippen LogP contribution in [0.15, 0.2) is 24.3 Å². The van der Waals surface area contributed by atoms with Crippen molar-refractivity contribution in [3.05, 3.63) is 30.1 Å². The minimum absolute atomic E-state index is 0.0673. The molecule has 4 heteroatoms. The predicted molar refractivity (Wildman–Crippen MR) is 80.7 cm³/mol. The lowest BCUT2D eigenvalue weighted by Crippen LogP contribution is -2.30. The largest absolute Gasteiger partial charge is 0.491 e. The topological polar surface area (TPSA) is 38.3 Å². The van der Waals surface area contributed by atoms with Crippen molar-refractivity contribution in [2.75, 3.05) is 13.2 Å². The first kappa shape index (κ1) is 15.8. The van der Waals surface area contributed by atoms with E-state index in [0.29, 0.717) is 25.4 Å². The third kappa shape index (κ3) is 5.74. The summed E-state index contributed by atoms with van der Waals surface area (Å²) in [4.78, 5) is 11.7. The summed E-state index contributed by atoms with van der Waals surface area (Å²) in [7, 11) is 0. The number of amides is 1. The van der Waals surface area contributed by atoms with E-state index in [1.54, 1.807) is 18.2 Å². The summed E-state index contributed by atoms with van der Waals surface area (Å²) in [5.74, 6) is 0.606. The van der Waals surface area contributed by atoms with E-state index in [4.69, 9.17) is 4.74 Å². The van der Waals surface area contributed by atoms with Gasteiger partial charge in [0.25, 0.3) is 0 Å². The van der Waals surface area contributed by atoms with Crippen molar-refractivity contribution < 1.29 is 13.9 Å². The molecule has 0 aliphatic heterocycles. The predicted octanol–water partition coefficient (Wildman–Crippen LogP) is 3.68. The van der Waals surface area contributed by atoms with Crippen LogP contribution in [0.1, 0.15) is 44.9 Å². The van der Waals surface area contributed by atoms with Crippen molar-refractivity contribution in [2.24, 2.45) is 5.92 Å². The SMILES string of the molecule is O=C(CCCOc1ccccc1F)NCC1CCCCC1. The molecule has 21 heavy (non-hydrogen) atoms. The number of halogens is 1. The minimum Gasteiger partial charge on any atom is -0.491 e. The van der Waals surface area contributed by atoms with Gasteiger partial charge in [0.2, 0.25) is 5.91 Å². The van der Waals surface area contributed by atoms with E-state index in [9.17, 15) is 9.18 Å². The maximum absolute atomic E-state index is 13.3. The fourth-order valence-corrected chi connectivity index (χ4v) is 2.71. The zero-order valence-corrected chi connectivity index (χ0v) is 12.4. The van der Waals surface area contributed by atoms with E-state index < -0.39 is 0 Å². The molecule has 0 unspecified atom stereocenters. The molecule has 0 radical (unpaired) electrons. The van der Waals surface area contributed by atoms with Crippen LogP contribution in [0.4, 0.5) is 4.39 Å². The van der Waals surface area contributed by atoms with Crippen LogP contribution in [0.3, 0.4) is 0 Å². The summed E-state index contributed by atoms with van der Waals surface area (Å²) in [6.45, 7) is 1.16. The van der Waals surface area contributed by atoms with Crippen LogP contribution in [0.25, 0.3) is 0 Å². The summed E-state index contributed by atoms with van der Waals surface area (Å²) < 4.78 is 18.6. The summed E-state index contributed by atoms with van der Waals surface area (Å²) in [5, 5.41) is 2.99. The van der Waals surface area contributed by atoms with E-state index in [2.05, 4.69) is 5.32 Å². The Bertz CT molecular complexity index is 444. The maximum Gasteiger partial charge on any atom is 0.220 e. The second-order valence-electron chi connectivity index (χ2n) is 5.69. The van der Waals surface area contributed by atoms with Crippen molar-refractivity contribution in [1.29, 1.82) is 0 Å². The van der Waals surface area contributed by atoms with Gasteiger partial charge in [-0.1, -0.05) is 31.4 Å². The van der Waals surface area contributed by atoms with Gasteiger partial charge >= 0.3 is 0 Å². The van der Waals surface area contributed by atoms with E-state index in [0.717, 1.165) is 6.54 Å². The summed E-state index contributed by atoms with van der Waals surface area (Å²) in [5.41, 5.74) is 0. The number of carbonyl (C=O) groups excluding carboxylic acids is 1. The van der Waals surface area contributed by atoms with Gasteiger partial charge in [-0.2, -0.15) is 0 Å². The Labute approximate surface area is 125 Å². The highest BCUT2D eigenvalue weighted by Gasteiger charge is 2.14. The number of hydrogen-bond acceptors (Lipinski definition) is 2. The molecular formula is C17H24FNO2. The van der Waals surface area contributed by atoms with E-state index in [1.165, 1.54) is 38.2 Å². The highest BCUT2D eigenvalue weighted by molar-refractivity contribution is 5.75. The highest BCUT2D eigenvalue weighted by Crippen LogP contribution is 2.22. The first-order valence-electron chi connectivity index (χ1n) is 7.90. The minimum atomic E-state index is -0.362. The molecule has 0 saturated heterocycles. The van der Waals surface area contributed by atoms with Crippen molar-refractivity contribution >= 4 is 5.91 Å². The Morgan fingerprint density at radius 1 is 1.24 bits per heavy atom. The lowest BCUT2D eigenvalue weighted by atomic mass is 9.89. The van der Waals surface area contributed by atoms with Crippen LogP contribution < -0.4 is 10.1 Å². The first-order valence-corrected chi connectivity index (χ1v) is 7.90. The molecule has 116 valence electrons. The van der Waals surface area contributed by atoms with Crippen LogP contribution in [0.2, 0.25) is 0 Å². The van der Waals surface area contributed by atoms with Crippen molar-refractivity contribution in [3.8, 4) is 5.75 Å². The Morgan fingerprint density at radius 2 is 2.00 bits per heavy atom. The smallest absolute Gasteiger partial charge is 0.220 e. The average Bonchev–Trinajstić information content (AvgIpc) is 2.52. The van der Waals surface area contributed by atoms with Crippen molar-refractivity contribution in [3.63, 3.8) is 0 Å². The molecule has 1 aliphatic carbocycles. The molecular weight excluding hydrogens is 269 g/mol. The normalized spacial score (nSPS) is 15.7. The number of para-hydroxylation sites is 1. The molecule has 0 atom stereocenters. The maximum atomic E-state index is 13.3. The number of nitrogens with one attached hydrogen (secondary N) is 1. The van der Waals surface area contributed by atoms with Crippen molar-refractivity contribution in [1.82, 2.24) is 5.32 Å². The van der Waals surface area contributed by atoms with Crippen LogP contribution in [0.5, 0.6) is 5.75 Å². The highest BCUT2D eigenvalue weighted by atomic mass is 19.1. The van der Waals surface area contributed by atoms with Crippen LogP contribution in [-0.2, 0) is 4.79 Å². The monoisotopic (exact) mass is 293 g/mol. The molecule has 0 bridgehead atoms. The molecule has 0 heterocycles. The molecule has 1 aromatic carbocycles. The zero-order chi connectivity index (χ0) is 14.9. The van der Waals surface area contributed by atoms with Gasteiger partial charge in [0.1, 0.15) is 0 Å². The molecule has 2 rings (SSSR count). The molecule has 1 saturated carbocycles. The third-order valence-electron chi connectivity index (χ3n) is 3.96. The zero-order valence-electron chi connectivity index (χ0n) is 12.4. The van der Waals surface area contributed by atoms with Crippen LogP contribution in [0, 0.1) is 11.7 Å². The molecule has 1 amide bonds. The lowest BCUT2D eigenvalue weighted by molar-refractivity contribution is -0.121. The molecule has 1 aliphatic rings. The van der Waals surface area contributed by atoms with Gasteiger partial charge in [0, 0.05) is 13.0 Å². The molecule has 0 aromatic heterocycles. The summed E-state index contributed by atoms with van der Waals surface area (Å²) >= 11 is 0. The van der Waals surface area contributed by atoms with Crippen LogP contribution in [-0.4, -0.2) is 19.1 Å². The fourth-order valence-electron chi connectivity index (χ4n) is 2.71. The second-order valence-corrected chi connectivity index (χ2v) is 5.69. The molecule has 0 spiro atoms. The number of rotatable bonds is 7. The van der Waals surface area contributed by atoms with Gasteiger partial charge in [0.15, 0.2) is 11.6 Å². The molecule has 1 aromatic rings. The fraction of sp³-hybridized carbons (Fsp3) is 0.588. The van der Waals surface area contributed by atoms with Gasteiger partial charge < -0.3 is 10.1 Å². The quantitative estimate of drug-likeness (QED) is 0.779. The molecule has 1 fully saturated rings. The standard InChI is InChI=1S/C17H24FNO2/c18-15-9-4-5-10-16(15)21-12-6-11-17(20)19-13-14-7-2-1-3-8-14/h4-5,9-10,14H,1-3,6-8,11-13H2,(H,19,20). The Morgan fingerprint density at radius 3 is 2.76 bits per heavy atom. The molecule has 1 N–H and O–H groups in total. The number of ether oxygens (including phenoxy) is 1. The first-order chi connectivity index (χ1) is 10.3. The average molecular weight is 293 g/mol. The van der Waals surface area contributed by atoms with Gasteiger partial charge in [-0.05, 0) is 37.3 Å². The van der Waals surface area contributed by atoms with Gasteiger partial charge in [-0.15, -0.1) is 0 Å². The Balaban J connectivity index is 1.56. The summed E-state index contributed by atoms with van der Waals surface area (Å²) in [6.07, 6.45) is 7.41. The number of hydrogen-bond donors (Lipinski definition) is 1. The molecule has 3 nitrogen and oxygen atoms in total. The lowest BCUT2D eigenvalue weighted by Gasteiger charge is -2.21. The third-order valence-corrected chi connectivity index (χ3v) is 3.96. The van der Waals surface area contributed by atoms with Crippen LogP contribution >= 0.6 is 0 Å². The van der Waals surface area contributed by atoms with E-state index in [1.807, 2.05) is 0 Å². The van der Waals surface area contributed by atoms with Gasteiger partial charge in [-0.3, -0.25) is 4.79 Å². The van der Waals surface area contributed by atoms with Gasteiger partial charge in [0.05, 0.1) is 6.61 Å². The van der Waals surface area contributed by atoms with E-state index >= 15 is 0 Å². The number of carbonyl (C=O) groups is 1. The Hall–Kier alpha value is -1.58. The van der Waals surface area contributed by atoms with Gasteiger partial charge in [-0.25, -0.2) is 4.39 Å².